The Hall–Kier alpha value is -1.81. The van der Waals surface area contributed by atoms with Crippen LogP contribution in [0.2, 0.25) is 0 Å². The molecule has 1 N–H and O–H groups in total. The first-order valence-corrected chi connectivity index (χ1v) is 6.40. The van der Waals surface area contributed by atoms with E-state index in [1.54, 1.807) is 12.4 Å². The average Bonchev–Trinajstić information content (AvgIpc) is 2.49. The molecule has 2 aromatic rings. The maximum atomic E-state index is 4.65. The summed E-state index contributed by atoms with van der Waals surface area (Å²) in [5, 5.41) is 3.51. The van der Waals surface area contributed by atoms with E-state index in [9.17, 15) is 0 Å². The van der Waals surface area contributed by atoms with Crippen LogP contribution in [0, 0.1) is 0 Å². The third kappa shape index (κ3) is 2.38. The highest BCUT2D eigenvalue weighted by molar-refractivity contribution is 5.52. The molecule has 2 aromatic heterocycles. The quantitative estimate of drug-likeness (QED) is 0.875. The van der Waals surface area contributed by atoms with E-state index in [2.05, 4.69) is 20.3 Å². The molecule has 4 nitrogen and oxygen atoms in total. The zero-order chi connectivity index (χ0) is 12.2. The fraction of sp³-hybridized carbons (Fsp3) is 0.357. The van der Waals surface area contributed by atoms with Crippen LogP contribution in [0.1, 0.15) is 31.0 Å². The van der Waals surface area contributed by atoms with Crippen LogP contribution in [0.5, 0.6) is 0 Å². The lowest BCUT2D eigenvalue weighted by molar-refractivity contribution is 0.405. The zero-order valence-corrected chi connectivity index (χ0v) is 10.2. The van der Waals surface area contributed by atoms with Gasteiger partial charge in [0.05, 0.1) is 5.69 Å². The topological polar surface area (TPSA) is 50.7 Å². The van der Waals surface area contributed by atoms with Crippen LogP contribution in [-0.2, 0) is 0 Å². The summed E-state index contributed by atoms with van der Waals surface area (Å²) in [6.07, 6.45) is 9.08. The van der Waals surface area contributed by atoms with Crippen molar-refractivity contribution in [2.24, 2.45) is 0 Å². The summed E-state index contributed by atoms with van der Waals surface area (Å²) >= 11 is 0. The van der Waals surface area contributed by atoms with Crippen molar-refractivity contribution in [2.75, 3.05) is 6.54 Å². The highest BCUT2D eigenvalue weighted by Gasteiger charge is 2.16. The van der Waals surface area contributed by atoms with Crippen LogP contribution in [0.3, 0.4) is 0 Å². The van der Waals surface area contributed by atoms with Crippen LogP contribution >= 0.6 is 0 Å². The Labute approximate surface area is 107 Å². The standard InChI is InChI=1S/C14H16N4/c1-2-8-16-12(5-1)13-6-9-17-14(18-13)11-4-3-7-15-10-11/h3-4,6-7,9-10,12,16H,1-2,5,8H2. The van der Waals surface area contributed by atoms with Gasteiger partial charge >= 0.3 is 0 Å². The number of pyridine rings is 1. The number of nitrogens with zero attached hydrogens (tertiary/aromatic N) is 3. The van der Waals surface area contributed by atoms with Crippen molar-refractivity contribution in [3.05, 3.63) is 42.5 Å². The Bertz CT molecular complexity index is 506. The van der Waals surface area contributed by atoms with Gasteiger partial charge in [-0.05, 0) is 37.6 Å². The molecule has 0 amide bonds. The fourth-order valence-electron chi connectivity index (χ4n) is 2.31. The molecule has 0 aliphatic carbocycles. The molecule has 0 saturated carbocycles. The van der Waals surface area contributed by atoms with Crippen molar-refractivity contribution >= 4 is 0 Å². The number of piperidine rings is 1. The lowest BCUT2D eigenvalue weighted by Gasteiger charge is -2.23. The minimum absolute atomic E-state index is 0.372. The monoisotopic (exact) mass is 240 g/mol. The molecule has 1 unspecified atom stereocenters. The molecule has 1 atom stereocenters. The van der Waals surface area contributed by atoms with Gasteiger partial charge in [-0.25, -0.2) is 9.97 Å². The van der Waals surface area contributed by atoms with Crippen molar-refractivity contribution < 1.29 is 0 Å². The van der Waals surface area contributed by atoms with Gasteiger partial charge in [0.1, 0.15) is 0 Å². The Kier molecular flexibility index (Phi) is 3.28. The highest BCUT2D eigenvalue weighted by atomic mass is 15.0. The van der Waals surface area contributed by atoms with Gasteiger partial charge in [-0.2, -0.15) is 0 Å². The average molecular weight is 240 g/mol. The fourth-order valence-corrected chi connectivity index (χ4v) is 2.31. The highest BCUT2D eigenvalue weighted by Crippen LogP contribution is 2.22. The first-order valence-electron chi connectivity index (χ1n) is 6.40. The smallest absolute Gasteiger partial charge is 0.160 e. The van der Waals surface area contributed by atoms with E-state index >= 15 is 0 Å². The third-order valence-electron chi connectivity index (χ3n) is 3.26. The van der Waals surface area contributed by atoms with E-state index in [4.69, 9.17) is 0 Å². The lowest BCUT2D eigenvalue weighted by Crippen LogP contribution is -2.27. The first-order chi connectivity index (χ1) is 8.93. The van der Waals surface area contributed by atoms with Crippen molar-refractivity contribution in [3.63, 3.8) is 0 Å². The van der Waals surface area contributed by atoms with Crippen LogP contribution in [0.4, 0.5) is 0 Å². The van der Waals surface area contributed by atoms with Gasteiger partial charge < -0.3 is 5.32 Å². The number of aromatic nitrogens is 3. The molecule has 1 fully saturated rings. The number of hydrogen-bond donors (Lipinski definition) is 1. The zero-order valence-electron chi connectivity index (χ0n) is 10.2. The first kappa shape index (κ1) is 11.3. The minimum Gasteiger partial charge on any atom is -0.309 e. The SMILES string of the molecule is c1cncc(-c2nccc(C3CCCCN3)n2)c1. The van der Waals surface area contributed by atoms with E-state index < -0.39 is 0 Å². The Morgan fingerprint density at radius 2 is 2.17 bits per heavy atom. The molecule has 4 heteroatoms. The molecule has 3 heterocycles. The van der Waals surface area contributed by atoms with Gasteiger partial charge in [-0.3, -0.25) is 4.98 Å². The van der Waals surface area contributed by atoms with Crippen LogP contribution < -0.4 is 5.32 Å². The molecule has 0 bridgehead atoms. The molecule has 1 saturated heterocycles. The van der Waals surface area contributed by atoms with E-state index in [0.29, 0.717) is 6.04 Å². The predicted octanol–water partition coefficient (Wildman–Crippen LogP) is 2.35. The summed E-state index contributed by atoms with van der Waals surface area (Å²) in [5.41, 5.74) is 2.05. The Morgan fingerprint density at radius 1 is 1.17 bits per heavy atom. The third-order valence-corrected chi connectivity index (χ3v) is 3.26. The molecule has 1 aliphatic rings. The second kappa shape index (κ2) is 5.23. The van der Waals surface area contributed by atoms with Gasteiger partial charge in [-0.15, -0.1) is 0 Å². The van der Waals surface area contributed by atoms with Crippen molar-refractivity contribution in [3.8, 4) is 11.4 Å². The molecule has 0 radical (unpaired) electrons. The molecule has 0 aromatic carbocycles. The van der Waals surface area contributed by atoms with Crippen molar-refractivity contribution in [1.82, 2.24) is 20.3 Å². The largest absolute Gasteiger partial charge is 0.309 e. The van der Waals surface area contributed by atoms with Crippen molar-refractivity contribution in [2.45, 2.75) is 25.3 Å². The van der Waals surface area contributed by atoms with Crippen LogP contribution in [0.15, 0.2) is 36.8 Å². The second-order valence-electron chi connectivity index (χ2n) is 4.55. The molecule has 3 rings (SSSR count). The molecule has 1 aliphatic heterocycles. The van der Waals surface area contributed by atoms with E-state index in [1.165, 1.54) is 12.8 Å². The van der Waals surface area contributed by atoms with Gasteiger partial charge in [0.2, 0.25) is 0 Å². The predicted molar refractivity (Wildman–Crippen MR) is 69.9 cm³/mol. The van der Waals surface area contributed by atoms with Crippen molar-refractivity contribution in [1.29, 1.82) is 0 Å². The van der Waals surface area contributed by atoms with E-state index in [0.717, 1.165) is 30.0 Å². The van der Waals surface area contributed by atoms with Crippen LogP contribution in [0.25, 0.3) is 11.4 Å². The number of hydrogen-bond acceptors (Lipinski definition) is 4. The summed E-state index contributed by atoms with van der Waals surface area (Å²) < 4.78 is 0. The molecular formula is C14H16N4. The maximum Gasteiger partial charge on any atom is 0.160 e. The summed E-state index contributed by atoms with van der Waals surface area (Å²) in [6.45, 7) is 1.08. The Morgan fingerprint density at radius 3 is 2.94 bits per heavy atom. The van der Waals surface area contributed by atoms with Crippen LogP contribution in [-0.4, -0.2) is 21.5 Å². The maximum absolute atomic E-state index is 4.65. The summed E-state index contributed by atoms with van der Waals surface area (Å²) in [5.74, 6) is 0.757. The van der Waals surface area contributed by atoms with Gasteiger partial charge in [0.25, 0.3) is 0 Å². The molecule has 18 heavy (non-hydrogen) atoms. The number of nitrogens with one attached hydrogen (secondary N) is 1. The van der Waals surface area contributed by atoms with E-state index in [1.807, 2.05) is 24.4 Å². The molecule has 92 valence electrons. The normalized spacial score (nSPS) is 19.7. The van der Waals surface area contributed by atoms with Gasteiger partial charge in [0.15, 0.2) is 5.82 Å². The summed E-state index contributed by atoms with van der Waals surface area (Å²) in [7, 11) is 0. The van der Waals surface area contributed by atoms with Gasteiger partial charge in [0, 0.05) is 30.2 Å². The summed E-state index contributed by atoms with van der Waals surface area (Å²) in [6, 6.07) is 6.27. The summed E-state index contributed by atoms with van der Waals surface area (Å²) in [4.78, 5) is 13.1. The van der Waals surface area contributed by atoms with Gasteiger partial charge in [-0.1, -0.05) is 6.42 Å². The second-order valence-corrected chi connectivity index (χ2v) is 4.55. The number of rotatable bonds is 2. The lowest BCUT2D eigenvalue weighted by atomic mass is 10.0. The minimum atomic E-state index is 0.372. The Balaban J connectivity index is 1.89. The molecule has 0 spiro atoms. The molecular weight excluding hydrogens is 224 g/mol. The van der Waals surface area contributed by atoms with E-state index in [-0.39, 0.29) is 0 Å².